The van der Waals surface area contributed by atoms with Crippen molar-refractivity contribution in [1.29, 1.82) is 0 Å². The van der Waals surface area contributed by atoms with Gasteiger partial charge in [-0.05, 0) is 60.8 Å². The Morgan fingerprint density at radius 2 is 1.22 bits per heavy atom. The molecule has 0 saturated carbocycles. The van der Waals surface area contributed by atoms with E-state index in [4.69, 9.17) is 11.6 Å². The molecule has 45 heavy (non-hydrogen) atoms. The van der Waals surface area contributed by atoms with Gasteiger partial charge in [0.1, 0.15) is 10.8 Å². The van der Waals surface area contributed by atoms with E-state index < -0.39 is 5.54 Å². The van der Waals surface area contributed by atoms with Crippen molar-refractivity contribution in [2.45, 2.75) is 32.5 Å². The molecule has 0 fully saturated rings. The number of aromatic nitrogens is 8. The van der Waals surface area contributed by atoms with Crippen LogP contribution in [0.25, 0.3) is 22.1 Å². The SMILES string of the molecule is Cn1c(Cl)nc2nn(Cc3ccc(Br)cc3)cc2c1=O.Cn1c(NC(C)(C)CO)nc2nn(Cc3ccc(Br)cc3)cc2c1=O. The zero-order chi connectivity index (χ0) is 32.5. The standard InChI is InChI=1S/C17H20BrN5O2.C13H10BrClN4O/c1-17(2,10-24)20-16-19-14-13(15(25)22(16)3)9-23(21-14)8-11-4-6-12(18)7-5-11;1-18-12(20)10-7-19(17-11(10)16-13(18)15)6-8-2-4-9(14)5-3-8/h4-7,9,24H,8,10H2,1-3H3,(H,19,20,21);2-5,7H,6H2,1H3. The number of anilines is 1. The highest BCUT2D eigenvalue weighted by Crippen LogP contribution is 2.16. The lowest BCUT2D eigenvalue weighted by Gasteiger charge is -2.24. The van der Waals surface area contributed by atoms with E-state index in [1.807, 2.05) is 62.4 Å². The lowest BCUT2D eigenvalue weighted by Crippen LogP contribution is -2.38. The van der Waals surface area contributed by atoms with Gasteiger partial charge < -0.3 is 10.4 Å². The van der Waals surface area contributed by atoms with E-state index in [9.17, 15) is 14.7 Å². The number of nitrogens with one attached hydrogen (secondary N) is 1. The summed E-state index contributed by atoms with van der Waals surface area (Å²) in [6.07, 6.45) is 3.41. The Kier molecular flexibility index (Phi) is 9.58. The Morgan fingerprint density at radius 1 is 0.778 bits per heavy atom. The first-order valence-electron chi connectivity index (χ1n) is 13.8. The Hall–Kier alpha value is -3.85. The molecule has 4 heterocycles. The minimum absolute atomic E-state index is 0.0844. The van der Waals surface area contributed by atoms with Gasteiger partial charge in [0.15, 0.2) is 11.3 Å². The average molecular weight is 760 g/mol. The predicted octanol–water partition coefficient (Wildman–Crippen LogP) is 4.72. The minimum atomic E-state index is -0.592. The minimum Gasteiger partial charge on any atom is -0.394 e. The summed E-state index contributed by atoms with van der Waals surface area (Å²) in [6.45, 7) is 4.70. The Labute approximate surface area is 279 Å². The van der Waals surface area contributed by atoms with Crippen molar-refractivity contribution in [3.05, 3.63) is 107 Å². The first-order chi connectivity index (χ1) is 21.3. The first-order valence-corrected chi connectivity index (χ1v) is 15.7. The van der Waals surface area contributed by atoms with E-state index in [0.717, 1.165) is 20.1 Å². The Bertz CT molecular complexity index is 2100. The Morgan fingerprint density at radius 3 is 1.69 bits per heavy atom. The monoisotopic (exact) mass is 757 g/mol. The summed E-state index contributed by atoms with van der Waals surface area (Å²) in [6, 6.07) is 15.9. The highest BCUT2D eigenvalue weighted by atomic mass is 79.9. The molecule has 4 aromatic heterocycles. The van der Waals surface area contributed by atoms with Crippen LogP contribution in [0.2, 0.25) is 5.28 Å². The van der Waals surface area contributed by atoms with Gasteiger partial charge in [0.05, 0.1) is 25.2 Å². The number of aliphatic hydroxyl groups excluding tert-OH is 1. The molecule has 234 valence electrons. The number of rotatable bonds is 7. The quantitative estimate of drug-likeness (QED) is 0.223. The summed E-state index contributed by atoms with van der Waals surface area (Å²) in [5, 5.41) is 22.3. The number of aliphatic hydroxyl groups is 1. The van der Waals surface area contributed by atoms with Crippen molar-refractivity contribution in [3.63, 3.8) is 0 Å². The lowest BCUT2D eigenvalue weighted by molar-refractivity contribution is 0.233. The number of hydrogen-bond acceptors (Lipinski definition) is 8. The molecular weight excluding hydrogens is 730 g/mol. The van der Waals surface area contributed by atoms with Gasteiger partial charge in [-0.2, -0.15) is 20.2 Å². The molecular formula is C30H30Br2ClN9O3. The van der Waals surface area contributed by atoms with Gasteiger partial charge in [0.2, 0.25) is 11.2 Å². The van der Waals surface area contributed by atoms with Crippen molar-refractivity contribution >= 4 is 71.5 Å². The van der Waals surface area contributed by atoms with Crippen LogP contribution >= 0.6 is 43.5 Å². The van der Waals surface area contributed by atoms with Crippen molar-refractivity contribution in [2.75, 3.05) is 11.9 Å². The van der Waals surface area contributed by atoms with E-state index in [1.165, 1.54) is 9.13 Å². The summed E-state index contributed by atoms with van der Waals surface area (Å²) in [5.41, 5.74) is 1.96. The maximum atomic E-state index is 12.6. The highest BCUT2D eigenvalue weighted by Gasteiger charge is 2.20. The van der Waals surface area contributed by atoms with Gasteiger partial charge in [-0.1, -0.05) is 56.1 Å². The van der Waals surface area contributed by atoms with E-state index >= 15 is 0 Å². The molecule has 6 aromatic rings. The van der Waals surface area contributed by atoms with Gasteiger partial charge in [-0.15, -0.1) is 0 Å². The van der Waals surface area contributed by atoms with Crippen LogP contribution in [0.3, 0.4) is 0 Å². The summed E-state index contributed by atoms with van der Waals surface area (Å²) in [5.74, 6) is 0.380. The van der Waals surface area contributed by atoms with Gasteiger partial charge >= 0.3 is 0 Å². The summed E-state index contributed by atoms with van der Waals surface area (Å²) in [7, 11) is 3.24. The first kappa shape index (κ1) is 32.5. The molecule has 12 nitrogen and oxygen atoms in total. The number of hydrogen-bond donors (Lipinski definition) is 2. The van der Waals surface area contributed by atoms with E-state index in [2.05, 4.69) is 57.3 Å². The third-order valence-electron chi connectivity index (χ3n) is 6.92. The summed E-state index contributed by atoms with van der Waals surface area (Å²) >= 11 is 12.7. The number of benzene rings is 2. The molecule has 0 radical (unpaired) electrons. The average Bonchev–Trinajstić information content (AvgIpc) is 3.60. The van der Waals surface area contributed by atoms with Crippen LogP contribution in [0.15, 0.2) is 79.5 Å². The molecule has 0 unspecified atom stereocenters. The maximum Gasteiger partial charge on any atom is 0.265 e. The maximum absolute atomic E-state index is 12.6. The Balaban J connectivity index is 0.000000182. The smallest absolute Gasteiger partial charge is 0.265 e. The van der Waals surface area contributed by atoms with E-state index in [1.54, 1.807) is 35.9 Å². The normalized spacial score (nSPS) is 11.6. The lowest BCUT2D eigenvalue weighted by atomic mass is 10.1. The molecule has 0 aliphatic rings. The van der Waals surface area contributed by atoms with Crippen LogP contribution in [-0.4, -0.2) is 55.9 Å². The molecule has 0 amide bonds. The molecule has 6 rings (SSSR count). The highest BCUT2D eigenvalue weighted by molar-refractivity contribution is 9.10. The van der Waals surface area contributed by atoms with Gasteiger partial charge in [0, 0.05) is 35.4 Å². The second-order valence-electron chi connectivity index (χ2n) is 11.1. The van der Waals surface area contributed by atoms with E-state index in [-0.39, 0.29) is 23.0 Å². The van der Waals surface area contributed by atoms with Crippen LogP contribution < -0.4 is 16.4 Å². The molecule has 0 aliphatic heterocycles. The third kappa shape index (κ3) is 7.52. The zero-order valence-corrected chi connectivity index (χ0v) is 28.8. The second-order valence-corrected chi connectivity index (χ2v) is 13.3. The summed E-state index contributed by atoms with van der Waals surface area (Å²) in [4.78, 5) is 33.2. The van der Waals surface area contributed by atoms with Crippen LogP contribution in [0, 0.1) is 0 Å². The molecule has 0 atom stereocenters. The third-order valence-corrected chi connectivity index (χ3v) is 8.32. The number of fused-ring (bicyclic) bond motifs is 2. The van der Waals surface area contributed by atoms with Gasteiger partial charge in [-0.3, -0.25) is 28.1 Å². The molecule has 0 bridgehead atoms. The topological polar surface area (TPSA) is 138 Å². The van der Waals surface area contributed by atoms with Crippen molar-refractivity contribution in [2.24, 2.45) is 14.1 Å². The fourth-order valence-electron chi connectivity index (χ4n) is 4.34. The van der Waals surface area contributed by atoms with Gasteiger partial charge in [0.25, 0.3) is 11.1 Å². The van der Waals surface area contributed by atoms with Crippen molar-refractivity contribution in [1.82, 2.24) is 38.7 Å². The molecule has 0 aliphatic carbocycles. The molecule has 2 N–H and O–H groups in total. The van der Waals surface area contributed by atoms with E-state index in [0.29, 0.717) is 41.1 Å². The van der Waals surface area contributed by atoms with Crippen LogP contribution in [0.4, 0.5) is 5.95 Å². The molecule has 2 aromatic carbocycles. The number of halogens is 3. The van der Waals surface area contributed by atoms with Crippen LogP contribution in [-0.2, 0) is 27.2 Å². The largest absolute Gasteiger partial charge is 0.394 e. The van der Waals surface area contributed by atoms with Gasteiger partial charge in [-0.25, -0.2) is 0 Å². The number of nitrogens with zero attached hydrogens (tertiary/aromatic N) is 8. The molecule has 15 heteroatoms. The van der Waals surface area contributed by atoms with Crippen LogP contribution in [0.5, 0.6) is 0 Å². The fraction of sp³-hybridized carbons (Fsp3) is 0.267. The fourth-order valence-corrected chi connectivity index (χ4v) is 5.02. The molecule has 0 spiro atoms. The van der Waals surface area contributed by atoms with Crippen LogP contribution in [0.1, 0.15) is 25.0 Å². The second kappa shape index (κ2) is 13.3. The van der Waals surface area contributed by atoms with Crippen molar-refractivity contribution in [3.8, 4) is 0 Å². The molecule has 0 saturated heterocycles. The zero-order valence-electron chi connectivity index (χ0n) is 24.9. The summed E-state index contributed by atoms with van der Waals surface area (Å²) < 4.78 is 8.18. The predicted molar refractivity (Wildman–Crippen MR) is 182 cm³/mol. The van der Waals surface area contributed by atoms with Crippen molar-refractivity contribution < 1.29 is 5.11 Å².